The van der Waals surface area contributed by atoms with Gasteiger partial charge in [-0.15, -0.1) is 0 Å². The first-order valence-electron chi connectivity index (χ1n) is 5.16. The first-order valence-corrected chi connectivity index (χ1v) is 5.16. The van der Waals surface area contributed by atoms with E-state index in [9.17, 15) is 5.11 Å². The third-order valence-corrected chi connectivity index (χ3v) is 2.06. The van der Waals surface area contributed by atoms with Crippen molar-refractivity contribution >= 4 is 0 Å². The number of aliphatic hydroxyl groups is 1. The van der Waals surface area contributed by atoms with Gasteiger partial charge in [0, 0.05) is 28.6 Å². The van der Waals surface area contributed by atoms with Crippen LogP contribution in [0.4, 0.5) is 0 Å². The third kappa shape index (κ3) is 5.11. The minimum atomic E-state index is 0. The summed E-state index contributed by atoms with van der Waals surface area (Å²) >= 11 is 0. The molecule has 0 fully saturated rings. The normalized spacial score (nSPS) is 12.1. The molecule has 0 saturated heterocycles. The molecule has 0 aliphatic heterocycles. The molecule has 0 atom stereocenters. The van der Waals surface area contributed by atoms with Gasteiger partial charge in [0.25, 0.3) is 0 Å². The Balaban J connectivity index is 0.000000318. The summed E-state index contributed by atoms with van der Waals surface area (Å²) in [6, 6.07) is 10.0. The molecule has 0 unspecified atom stereocenters. The molecule has 0 heterocycles. The van der Waals surface area contributed by atoms with E-state index in [0.29, 0.717) is 5.76 Å². The largest absolute Gasteiger partial charge is 0.511 e. The van der Waals surface area contributed by atoms with Crippen molar-refractivity contribution in [2.75, 3.05) is 0 Å². The predicted molar refractivity (Wildman–Crippen MR) is 64.8 cm³/mol. The molecule has 1 N–H and O–H groups in total. The Kier molecular flexibility index (Phi) is 7.53. The van der Waals surface area contributed by atoms with E-state index in [1.807, 2.05) is 68.5 Å². The quantitative estimate of drug-likeness (QED) is 0.458. The summed E-state index contributed by atoms with van der Waals surface area (Å²) in [5, 5.41) is 9.40. The molecule has 1 aromatic rings. The summed E-state index contributed by atoms with van der Waals surface area (Å²) in [6.45, 7) is 3.95. The molecule has 2 rings (SSSR count). The van der Waals surface area contributed by atoms with E-state index in [1.54, 1.807) is 0 Å². The van der Waals surface area contributed by atoms with Crippen LogP contribution in [0, 0.1) is 5.92 Å². The Morgan fingerprint density at radius 3 is 1.94 bits per heavy atom. The number of hydrogen-bond acceptors (Lipinski definition) is 1. The van der Waals surface area contributed by atoms with Gasteiger partial charge in [0.15, 0.2) is 0 Å². The van der Waals surface area contributed by atoms with Crippen molar-refractivity contribution in [1.82, 2.24) is 0 Å². The van der Waals surface area contributed by atoms with Gasteiger partial charge in [-0.3, -0.25) is 0 Å². The standard InChI is InChI=1S/C9H12O.C5H5.Fe/c1-7(2)9(10)8-5-3-4-6-8;1-2-4-5-3-1;/h3-7,10H,1-2H3;1-5H;/q;-1;. The van der Waals surface area contributed by atoms with Gasteiger partial charge in [-0.25, -0.2) is 12.1 Å². The second-order valence-electron chi connectivity index (χ2n) is 3.68. The maximum Gasteiger partial charge on any atom is 0.102 e. The van der Waals surface area contributed by atoms with E-state index in [1.165, 1.54) is 0 Å². The number of rotatable bonds is 1. The fourth-order valence-corrected chi connectivity index (χ4v) is 1.20. The maximum atomic E-state index is 9.40. The molecule has 1 nitrogen and oxygen atoms in total. The smallest absolute Gasteiger partial charge is 0.102 e. The van der Waals surface area contributed by atoms with Crippen LogP contribution in [0.5, 0.6) is 0 Å². The van der Waals surface area contributed by atoms with Crippen molar-refractivity contribution in [2.45, 2.75) is 13.8 Å². The summed E-state index contributed by atoms with van der Waals surface area (Å²) in [5.41, 5.74) is 0.940. The zero-order valence-corrected chi connectivity index (χ0v) is 10.7. The van der Waals surface area contributed by atoms with E-state index < -0.39 is 0 Å². The number of hydrogen-bond donors (Lipinski definition) is 1. The predicted octanol–water partition coefficient (Wildman–Crippen LogP) is 3.98. The molecular formula is C14H17FeO-. The minimum Gasteiger partial charge on any atom is -0.511 e. The van der Waals surface area contributed by atoms with Crippen LogP contribution in [0.3, 0.4) is 0 Å². The molecule has 0 bridgehead atoms. The summed E-state index contributed by atoms with van der Waals surface area (Å²) in [5.74, 6) is 0.701. The molecule has 0 saturated carbocycles. The van der Waals surface area contributed by atoms with Gasteiger partial charge in [0.1, 0.15) is 5.76 Å². The van der Waals surface area contributed by atoms with Crippen LogP contribution < -0.4 is 0 Å². The summed E-state index contributed by atoms with van der Waals surface area (Å²) in [4.78, 5) is 0. The van der Waals surface area contributed by atoms with E-state index in [2.05, 4.69) is 0 Å². The Bertz CT molecular complexity index is 325. The minimum absolute atomic E-state index is 0. The van der Waals surface area contributed by atoms with Crippen molar-refractivity contribution in [3.8, 4) is 0 Å². The van der Waals surface area contributed by atoms with Crippen molar-refractivity contribution in [1.29, 1.82) is 0 Å². The van der Waals surface area contributed by atoms with E-state index in [-0.39, 0.29) is 23.0 Å². The Labute approximate surface area is 108 Å². The monoisotopic (exact) mass is 257 g/mol. The molecule has 0 amide bonds. The second kappa shape index (κ2) is 8.09. The van der Waals surface area contributed by atoms with Gasteiger partial charge in [0.05, 0.1) is 0 Å². The molecule has 0 aromatic heterocycles. The van der Waals surface area contributed by atoms with Crippen molar-refractivity contribution in [3.63, 3.8) is 0 Å². The molecule has 1 aromatic carbocycles. The third-order valence-electron chi connectivity index (χ3n) is 2.06. The molecule has 0 spiro atoms. The van der Waals surface area contributed by atoms with Crippen LogP contribution in [-0.2, 0) is 17.1 Å². The number of allylic oxidation sites excluding steroid dienone is 6. The molecule has 16 heavy (non-hydrogen) atoms. The van der Waals surface area contributed by atoms with E-state index in [0.717, 1.165) is 5.57 Å². The molecule has 1 aliphatic rings. The van der Waals surface area contributed by atoms with Crippen LogP contribution in [-0.4, -0.2) is 5.11 Å². The average molecular weight is 257 g/mol. The second-order valence-corrected chi connectivity index (χ2v) is 3.68. The Morgan fingerprint density at radius 2 is 1.62 bits per heavy atom. The first-order chi connectivity index (χ1) is 7.22. The van der Waals surface area contributed by atoms with Crippen molar-refractivity contribution in [3.05, 3.63) is 66.0 Å². The van der Waals surface area contributed by atoms with Gasteiger partial charge in [-0.1, -0.05) is 38.2 Å². The molecular weight excluding hydrogens is 240 g/mol. The first kappa shape index (κ1) is 14.9. The molecule has 1 aliphatic carbocycles. The Hall–Kier alpha value is -1.11. The topological polar surface area (TPSA) is 20.2 Å². The van der Waals surface area contributed by atoms with Crippen molar-refractivity contribution < 1.29 is 22.2 Å². The SMILES string of the molecule is CC(C)C(O)=C1C=CC=C1.[Fe].c1cc[cH-]c1. The fraction of sp³-hybridized carbons (Fsp3) is 0.214. The van der Waals surface area contributed by atoms with E-state index in [4.69, 9.17) is 0 Å². The molecule has 2 heteroatoms. The van der Waals surface area contributed by atoms with Crippen LogP contribution in [0.1, 0.15) is 13.8 Å². The Morgan fingerprint density at radius 1 is 1.12 bits per heavy atom. The summed E-state index contributed by atoms with van der Waals surface area (Å²) in [6.07, 6.45) is 7.67. The van der Waals surface area contributed by atoms with Crippen LogP contribution in [0.15, 0.2) is 66.0 Å². The van der Waals surface area contributed by atoms with Gasteiger partial charge in [-0.2, -0.15) is 18.2 Å². The van der Waals surface area contributed by atoms with Crippen molar-refractivity contribution in [2.24, 2.45) is 5.92 Å². The van der Waals surface area contributed by atoms with Crippen LogP contribution >= 0.6 is 0 Å². The van der Waals surface area contributed by atoms with Crippen LogP contribution in [0.25, 0.3) is 0 Å². The number of aliphatic hydroxyl groups excluding tert-OH is 1. The van der Waals surface area contributed by atoms with Gasteiger partial charge >= 0.3 is 0 Å². The van der Waals surface area contributed by atoms with Crippen LogP contribution in [0.2, 0.25) is 0 Å². The maximum absolute atomic E-state index is 9.40. The zero-order valence-electron chi connectivity index (χ0n) is 9.57. The average Bonchev–Trinajstić information content (AvgIpc) is 2.92. The zero-order chi connectivity index (χ0) is 11.1. The van der Waals surface area contributed by atoms with Gasteiger partial charge in [0.2, 0.25) is 0 Å². The molecule has 88 valence electrons. The van der Waals surface area contributed by atoms with E-state index >= 15 is 0 Å². The summed E-state index contributed by atoms with van der Waals surface area (Å²) in [7, 11) is 0. The molecule has 0 radical (unpaired) electrons. The fourth-order valence-electron chi connectivity index (χ4n) is 1.20. The van der Waals surface area contributed by atoms with Gasteiger partial charge in [-0.05, 0) is 0 Å². The summed E-state index contributed by atoms with van der Waals surface area (Å²) < 4.78 is 0. The van der Waals surface area contributed by atoms with Gasteiger partial charge < -0.3 is 5.11 Å².